The molecule has 0 heterocycles. The molecule has 148 valence electrons. The number of methoxy groups -OCH3 is 1. The number of aliphatic imine (C=N–C) groups is 1. The average molecular weight is 474 g/mol. The molecule has 2 N–H and O–H groups in total. The molecule has 0 amide bonds. The molecule has 2 rings (SSSR count). The molecular weight excluding hydrogens is 439 g/mol. The maximum Gasteiger partial charge on any atom is 0.191 e. The molecule has 1 aromatic carbocycles. The standard InChI is InChI=1S/C20H34N4O.HI/c1-4-21-19(23-17-20(11-8-12-20)13-16-25-3)22-14-15-24(2)18-9-6-5-7-10-18;/h5-7,9-10H,4,8,11-17H2,1-3H3,(H2,21,22,23);1H. The second-order valence-electron chi connectivity index (χ2n) is 6.98. The van der Waals surface area contributed by atoms with Crippen molar-refractivity contribution in [2.45, 2.75) is 32.6 Å². The highest BCUT2D eigenvalue weighted by atomic mass is 127. The fourth-order valence-electron chi connectivity index (χ4n) is 3.22. The first kappa shape index (κ1) is 23.0. The molecule has 0 spiro atoms. The van der Waals surface area contributed by atoms with E-state index in [9.17, 15) is 0 Å². The molecule has 1 aliphatic carbocycles. The van der Waals surface area contributed by atoms with E-state index < -0.39 is 0 Å². The number of hydrogen-bond donors (Lipinski definition) is 2. The van der Waals surface area contributed by atoms with Crippen molar-refractivity contribution in [1.29, 1.82) is 0 Å². The number of ether oxygens (including phenoxy) is 1. The quantitative estimate of drug-likeness (QED) is 0.310. The van der Waals surface area contributed by atoms with Crippen LogP contribution >= 0.6 is 24.0 Å². The Labute approximate surface area is 176 Å². The van der Waals surface area contributed by atoms with Gasteiger partial charge in [0.2, 0.25) is 0 Å². The molecule has 0 atom stereocenters. The van der Waals surface area contributed by atoms with Gasteiger partial charge in [-0.3, -0.25) is 4.99 Å². The van der Waals surface area contributed by atoms with Gasteiger partial charge in [-0.25, -0.2) is 0 Å². The first-order valence-corrected chi connectivity index (χ1v) is 9.46. The molecule has 0 bridgehead atoms. The molecule has 0 aliphatic heterocycles. The Kier molecular flexibility index (Phi) is 11.0. The van der Waals surface area contributed by atoms with Gasteiger partial charge in [0.1, 0.15) is 0 Å². The number of guanidine groups is 1. The van der Waals surface area contributed by atoms with Crippen molar-refractivity contribution >= 4 is 35.6 Å². The van der Waals surface area contributed by atoms with Crippen molar-refractivity contribution in [3.63, 3.8) is 0 Å². The predicted octanol–water partition coefficient (Wildman–Crippen LogP) is 3.50. The van der Waals surface area contributed by atoms with E-state index in [2.05, 4.69) is 53.8 Å². The molecule has 26 heavy (non-hydrogen) atoms. The van der Waals surface area contributed by atoms with E-state index in [0.717, 1.165) is 45.2 Å². The van der Waals surface area contributed by atoms with Gasteiger partial charge in [-0.2, -0.15) is 0 Å². The van der Waals surface area contributed by atoms with Crippen LogP contribution in [0.1, 0.15) is 32.6 Å². The van der Waals surface area contributed by atoms with Crippen molar-refractivity contribution in [3.8, 4) is 0 Å². The molecule has 6 heteroatoms. The van der Waals surface area contributed by atoms with Crippen LogP contribution in [0.3, 0.4) is 0 Å². The number of para-hydroxylation sites is 1. The van der Waals surface area contributed by atoms with Gasteiger partial charge < -0.3 is 20.3 Å². The van der Waals surface area contributed by atoms with E-state index in [1.54, 1.807) is 7.11 Å². The Balaban J connectivity index is 0.00000338. The molecule has 0 saturated heterocycles. The lowest BCUT2D eigenvalue weighted by atomic mass is 9.67. The van der Waals surface area contributed by atoms with E-state index >= 15 is 0 Å². The second kappa shape index (κ2) is 12.4. The van der Waals surface area contributed by atoms with Gasteiger partial charge in [0.05, 0.1) is 0 Å². The number of benzene rings is 1. The summed E-state index contributed by atoms with van der Waals surface area (Å²) in [5, 5.41) is 6.83. The van der Waals surface area contributed by atoms with Gasteiger partial charge in [-0.05, 0) is 43.7 Å². The van der Waals surface area contributed by atoms with Crippen LogP contribution in [0.2, 0.25) is 0 Å². The van der Waals surface area contributed by atoms with Crippen molar-refractivity contribution in [2.24, 2.45) is 10.4 Å². The summed E-state index contributed by atoms with van der Waals surface area (Å²) in [5.41, 5.74) is 1.60. The summed E-state index contributed by atoms with van der Waals surface area (Å²) < 4.78 is 5.28. The normalized spacial score (nSPS) is 15.6. The third-order valence-electron chi connectivity index (χ3n) is 5.10. The summed E-state index contributed by atoms with van der Waals surface area (Å²) in [7, 11) is 3.90. The molecule has 1 aliphatic rings. The van der Waals surface area contributed by atoms with Crippen LogP contribution < -0.4 is 15.5 Å². The molecular formula is C20H35IN4O. The molecule has 1 fully saturated rings. The van der Waals surface area contributed by atoms with Crippen LogP contribution in [0.15, 0.2) is 35.3 Å². The fourth-order valence-corrected chi connectivity index (χ4v) is 3.22. The molecule has 0 unspecified atom stereocenters. The summed E-state index contributed by atoms with van der Waals surface area (Å²) in [4.78, 5) is 7.10. The SMILES string of the molecule is CCNC(=NCC1(CCOC)CCC1)NCCN(C)c1ccccc1.I. The molecule has 0 radical (unpaired) electrons. The third-order valence-corrected chi connectivity index (χ3v) is 5.10. The van der Waals surface area contributed by atoms with Crippen molar-refractivity contribution in [3.05, 3.63) is 30.3 Å². The zero-order valence-corrected chi connectivity index (χ0v) is 18.8. The maximum atomic E-state index is 5.28. The summed E-state index contributed by atoms with van der Waals surface area (Å²) in [6, 6.07) is 10.5. The van der Waals surface area contributed by atoms with Gasteiger partial charge in [0.25, 0.3) is 0 Å². The number of hydrogen-bond acceptors (Lipinski definition) is 3. The largest absolute Gasteiger partial charge is 0.385 e. The minimum absolute atomic E-state index is 0. The highest BCUT2D eigenvalue weighted by molar-refractivity contribution is 14.0. The van der Waals surface area contributed by atoms with Crippen LogP contribution in [0.4, 0.5) is 5.69 Å². The smallest absolute Gasteiger partial charge is 0.191 e. The van der Waals surface area contributed by atoms with Gasteiger partial charge in [-0.15, -0.1) is 24.0 Å². The van der Waals surface area contributed by atoms with Crippen LogP contribution in [0, 0.1) is 5.41 Å². The number of nitrogens with one attached hydrogen (secondary N) is 2. The topological polar surface area (TPSA) is 48.9 Å². The third kappa shape index (κ3) is 7.31. The van der Waals surface area contributed by atoms with E-state index in [0.29, 0.717) is 5.41 Å². The highest BCUT2D eigenvalue weighted by Gasteiger charge is 2.36. The van der Waals surface area contributed by atoms with E-state index in [-0.39, 0.29) is 24.0 Å². The van der Waals surface area contributed by atoms with Crippen molar-refractivity contribution in [2.75, 3.05) is 51.8 Å². The average Bonchev–Trinajstić information content (AvgIpc) is 2.61. The first-order valence-electron chi connectivity index (χ1n) is 9.46. The Morgan fingerprint density at radius 1 is 1.23 bits per heavy atom. The van der Waals surface area contributed by atoms with Crippen LogP contribution in [0.25, 0.3) is 0 Å². The Morgan fingerprint density at radius 3 is 2.54 bits per heavy atom. The Morgan fingerprint density at radius 2 is 1.96 bits per heavy atom. The minimum atomic E-state index is 0. The Bertz CT molecular complexity index is 520. The summed E-state index contributed by atoms with van der Waals surface area (Å²) in [6.07, 6.45) is 4.99. The maximum absolute atomic E-state index is 5.28. The van der Waals surface area contributed by atoms with Crippen molar-refractivity contribution < 1.29 is 4.74 Å². The minimum Gasteiger partial charge on any atom is -0.385 e. The summed E-state index contributed by atoms with van der Waals surface area (Å²) in [5.74, 6) is 0.924. The van der Waals surface area contributed by atoms with E-state index in [1.807, 2.05) is 6.07 Å². The Hall–Kier alpha value is -1.02. The fraction of sp³-hybridized carbons (Fsp3) is 0.650. The van der Waals surface area contributed by atoms with Crippen LogP contribution in [0.5, 0.6) is 0 Å². The zero-order chi connectivity index (χ0) is 18.0. The predicted molar refractivity (Wildman–Crippen MR) is 122 cm³/mol. The van der Waals surface area contributed by atoms with Crippen LogP contribution in [-0.4, -0.2) is 52.9 Å². The van der Waals surface area contributed by atoms with Crippen LogP contribution in [-0.2, 0) is 4.74 Å². The molecule has 1 saturated carbocycles. The number of rotatable bonds is 10. The van der Waals surface area contributed by atoms with E-state index in [4.69, 9.17) is 9.73 Å². The van der Waals surface area contributed by atoms with Crippen molar-refractivity contribution in [1.82, 2.24) is 10.6 Å². The van der Waals surface area contributed by atoms with Gasteiger partial charge in [-0.1, -0.05) is 24.6 Å². The molecule has 1 aromatic rings. The van der Waals surface area contributed by atoms with E-state index in [1.165, 1.54) is 24.9 Å². The second-order valence-corrected chi connectivity index (χ2v) is 6.98. The lowest BCUT2D eigenvalue weighted by molar-refractivity contribution is 0.0778. The lowest BCUT2D eigenvalue weighted by Gasteiger charge is -2.40. The lowest BCUT2D eigenvalue weighted by Crippen LogP contribution is -2.42. The summed E-state index contributed by atoms with van der Waals surface area (Å²) >= 11 is 0. The number of anilines is 1. The highest BCUT2D eigenvalue weighted by Crippen LogP contribution is 2.44. The van der Waals surface area contributed by atoms with Gasteiger partial charge in [0.15, 0.2) is 5.96 Å². The number of nitrogens with zero attached hydrogens (tertiary/aromatic N) is 2. The van der Waals surface area contributed by atoms with Gasteiger partial charge >= 0.3 is 0 Å². The zero-order valence-electron chi connectivity index (χ0n) is 16.5. The number of halogens is 1. The number of likely N-dealkylation sites (N-methyl/N-ethyl adjacent to an activating group) is 1. The molecule has 5 nitrogen and oxygen atoms in total. The summed E-state index contributed by atoms with van der Waals surface area (Å²) in [6.45, 7) is 6.51. The molecule has 0 aromatic heterocycles. The van der Waals surface area contributed by atoms with Gasteiger partial charge in [0, 0.05) is 52.6 Å². The monoisotopic (exact) mass is 474 g/mol. The first-order chi connectivity index (χ1) is 12.2.